The number of carbonyl (C=O) groups excluding carboxylic acids is 2. The van der Waals surface area contributed by atoms with Crippen LogP contribution < -0.4 is 9.62 Å². The molecule has 0 aliphatic heterocycles. The number of rotatable bonds is 14. The number of amides is 2. The molecule has 0 unspecified atom stereocenters. The summed E-state index contributed by atoms with van der Waals surface area (Å²) in [7, 11) is -3.56. The van der Waals surface area contributed by atoms with Crippen LogP contribution in [0.2, 0.25) is 5.02 Å². The molecule has 3 rings (SSSR count). The molecule has 0 spiro atoms. The number of nitrogens with zero attached hydrogens (tertiary/aromatic N) is 2. The van der Waals surface area contributed by atoms with E-state index in [0.29, 0.717) is 23.7 Å². The van der Waals surface area contributed by atoms with Gasteiger partial charge in [-0.1, -0.05) is 84.8 Å². The minimum absolute atomic E-state index is 0.0642. The lowest BCUT2D eigenvalue weighted by Crippen LogP contribution is -2.50. The van der Waals surface area contributed by atoms with Crippen molar-refractivity contribution in [3.05, 3.63) is 101 Å². The summed E-state index contributed by atoms with van der Waals surface area (Å²) in [5, 5.41) is 3.46. The maximum absolute atomic E-state index is 13.8. The summed E-state index contributed by atoms with van der Waals surface area (Å²) < 4.78 is 26.5. The summed E-state index contributed by atoms with van der Waals surface area (Å²) in [4.78, 5) is 28.8. The van der Waals surface area contributed by atoms with Gasteiger partial charge in [-0.2, -0.15) is 0 Å². The van der Waals surface area contributed by atoms with E-state index in [4.69, 9.17) is 11.6 Å². The maximum Gasteiger partial charge on any atom is 0.243 e. The van der Waals surface area contributed by atoms with E-state index in [1.165, 1.54) is 4.31 Å². The lowest BCUT2D eigenvalue weighted by atomic mass is 10.0. The van der Waals surface area contributed by atoms with Crippen molar-refractivity contribution in [3.8, 4) is 0 Å². The monoisotopic (exact) mass is 583 g/mol. The fraction of sp³-hybridized carbons (Fsp3) is 0.355. The van der Waals surface area contributed by atoms with E-state index in [1.807, 2.05) is 74.5 Å². The Bertz CT molecular complexity index is 1360. The molecule has 214 valence electrons. The molecule has 0 bridgehead atoms. The van der Waals surface area contributed by atoms with Crippen LogP contribution in [-0.2, 0) is 32.6 Å². The molecular weight excluding hydrogens is 546 g/mol. The van der Waals surface area contributed by atoms with E-state index in [0.717, 1.165) is 29.4 Å². The summed E-state index contributed by atoms with van der Waals surface area (Å²) in [6.45, 7) is 4.70. The van der Waals surface area contributed by atoms with Gasteiger partial charge in [-0.3, -0.25) is 13.9 Å². The summed E-state index contributed by atoms with van der Waals surface area (Å²) in [6.07, 6.45) is 2.61. The molecule has 7 nitrogen and oxygen atoms in total. The highest BCUT2D eigenvalue weighted by molar-refractivity contribution is 7.92. The van der Waals surface area contributed by atoms with Gasteiger partial charge in [0.25, 0.3) is 0 Å². The minimum atomic E-state index is -3.56. The average Bonchev–Trinajstić information content (AvgIpc) is 2.93. The van der Waals surface area contributed by atoms with Crippen LogP contribution in [-0.4, -0.2) is 50.5 Å². The Morgan fingerprint density at radius 2 is 1.60 bits per heavy atom. The Balaban J connectivity index is 1.87. The highest BCUT2D eigenvalue weighted by Crippen LogP contribution is 2.23. The predicted molar refractivity (Wildman–Crippen MR) is 162 cm³/mol. The second-order valence-corrected chi connectivity index (χ2v) is 12.2. The normalized spacial score (nSPS) is 12.0. The molecule has 0 radical (unpaired) electrons. The van der Waals surface area contributed by atoms with E-state index in [2.05, 4.69) is 5.32 Å². The Kier molecular flexibility index (Phi) is 11.6. The minimum Gasteiger partial charge on any atom is -0.354 e. The van der Waals surface area contributed by atoms with E-state index in [9.17, 15) is 18.0 Å². The number of nitrogens with one attached hydrogen (secondary N) is 1. The summed E-state index contributed by atoms with van der Waals surface area (Å²) in [6, 6.07) is 23.3. The van der Waals surface area contributed by atoms with Gasteiger partial charge in [0.1, 0.15) is 6.04 Å². The molecule has 0 saturated carbocycles. The molecule has 3 aromatic rings. The number of benzene rings is 3. The SMILES string of the molecule is CCCNC(=O)[C@H](Cc1ccccc1)N(Cc1ccccc1Cl)C(=O)CCCN(c1ccc(C)cc1)S(C)(=O)=O. The Morgan fingerprint density at radius 1 is 0.950 bits per heavy atom. The second kappa shape index (κ2) is 14.9. The zero-order chi connectivity index (χ0) is 29.1. The first kappa shape index (κ1) is 31.2. The lowest BCUT2D eigenvalue weighted by Gasteiger charge is -2.32. The molecule has 40 heavy (non-hydrogen) atoms. The van der Waals surface area contributed by atoms with Crippen molar-refractivity contribution in [2.45, 2.75) is 52.1 Å². The van der Waals surface area contributed by atoms with Crippen LogP contribution in [0.25, 0.3) is 0 Å². The van der Waals surface area contributed by atoms with Gasteiger partial charge in [0.05, 0.1) is 11.9 Å². The fourth-order valence-electron chi connectivity index (χ4n) is 4.45. The van der Waals surface area contributed by atoms with Crippen LogP contribution in [0.3, 0.4) is 0 Å². The third-order valence-electron chi connectivity index (χ3n) is 6.59. The van der Waals surface area contributed by atoms with E-state index in [1.54, 1.807) is 23.1 Å². The van der Waals surface area contributed by atoms with Crippen LogP contribution in [0.15, 0.2) is 78.9 Å². The number of anilines is 1. The molecule has 1 N–H and O–H groups in total. The number of hydrogen-bond donors (Lipinski definition) is 1. The Labute approximate surface area is 243 Å². The molecule has 0 heterocycles. The standard InChI is InChI=1S/C31H38ClN3O4S/c1-4-20-33-31(37)29(22-25-11-6-5-7-12-25)34(23-26-13-8-9-14-28(26)32)30(36)15-10-21-35(40(3,38)39)27-18-16-24(2)17-19-27/h5-9,11-14,16-19,29H,4,10,15,20-23H2,1-3H3,(H,33,37)/t29-/m0/s1. The summed E-state index contributed by atoms with van der Waals surface area (Å²) >= 11 is 6.46. The van der Waals surface area contributed by atoms with Gasteiger partial charge in [-0.15, -0.1) is 0 Å². The van der Waals surface area contributed by atoms with Gasteiger partial charge < -0.3 is 10.2 Å². The van der Waals surface area contributed by atoms with Crippen LogP contribution in [0.5, 0.6) is 0 Å². The van der Waals surface area contributed by atoms with Crippen molar-refractivity contribution >= 4 is 39.1 Å². The summed E-state index contributed by atoms with van der Waals surface area (Å²) in [5.74, 6) is -0.478. The van der Waals surface area contributed by atoms with Gasteiger partial charge in [0, 0.05) is 37.5 Å². The van der Waals surface area contributed by atoms with Crippen molar-refractivity contribution < 1.29 is 18.0 Å². The van der Waals surface area contributed by atoms with Gasteiger partial charge >= 0.3 is 0 Å². The Hall–Kier alpha value is -3.36. The third-order valence-corrected chi connectivity index (χ3v) is 8.16. The van der Waals surface area contributed by atoms with Crippen LogP contribution in [0, 0.1) is 6.92 Å². The Morgan fingerprint density at radius 3 is 2.23 bits per heavy atom. The zero-order valence-corrected chi connectivity index (χ0v) is 24.9. The van der Waals surface area contributed by atoms with Gasteiger partial charge in [0.15, 0.2) is 0 Å². The second-order valence-electron chi connectivity index (χ2n) is 9.88. The predicted octanol–water partition coefficient (Wildman–Crippen LogP) is 5.36. The van der Waals surface area contributed by atoms with E-state index < -0.39 is 16.1 Å². The van der Waals surface area contributed by atoms with Crippen molar-refractivity contribution in [1.82, 2.24) is 10.2 Å². The topological polar surface area (TPSA) is 86.8 Å². The van der Waals surface area contributed by atoms with Crippen LogP contribution >= 0.6 is 11.6 Å². The molecule has 0 fully saturated rings. The lowest BCUT2D eigenvalue weighted by molar-refractivity contribution is -0.141. The summed E-state index contributed by atoms with van der Waals surface area (Å²) in [5.41, 5.74) is 3.23. The molecule has 1 atom stereocenters. The zero-order valence-electron chi connectivity index (χ0n) is 23.3. The van der Waals surface area contributed by atoms with Crippen LogP contribution in [0.1, 0.15) is 42.9 Å². The third kappa shape index (κ3) is 9.10. The largest absolute Gasteiger partial charge is 0.354 e. The average molecular weight is 584 g/mol. The molecule has 9 heteroatoms. The number of aryl methyl sites for hydroxylation is 1. The van der Waals surface area contributed by atoms with Gasteiger partial charge in [-0.05, 0) is 49.1 Å². The number of carbonyl (C=O) groups is 2. The highest BCUT2D eigenvalue weighted by atomic mass is 35.5. The van der Waals surface area contributed by atoms with Crippen molar-refractivity contribution in [2.24, 2.45) is 0 Å². The maximum atomic E-state index is 13.8. The smallest absolute Gasteiger partial charge is 0.243 e. The molecule has 0 aliphatic carbocycles. The van der Waals surface area contributed by atoms with Crippen molar-refractivity contribution in [1.29, 1.82) is 0 Å². The quantitative estimate of drug-likeness (QED) is 0.277. The molecule has 0 aliphatic rings. The number of sulfonamides is 1. The molecule has 3 aromatic carbocycles. The first-order valence-corrected chi connectivity index (χ1v) is 15.7. The van der Waals surface area contributed by atoms with Gasteiger partial charge in [0.2, 0.25) is 21.8 Å². The van der Waals surface area contributed by atoms with Crippen molar-refractivity contribution in [2.75, 3.05) is 23.7 Å². The number of halogens is 1. The molecule has 2 amide bonds. The molecular formula is C31H38ClN3O4S. The molecule has 0 saturated heterocycles. The number of hydrogen-bond acceptors (Lipinski definition) is 4. The van der Waals surface area contributed by atoms with E-state index in [-0.39, 0.29) is 37.7 Å². The fourth-order valence-corrected chi connectivity index (χ4v) is 5.61. The van der Waals surface area contributed by atoms with E-state index >= 15 is 0 Å². The van der Waals surface area contributed by atoms with Crippen LogP contribution in [0.4, 0.5) is 5.69 Å². The first-order chi connectivity index (χ1) is 19.1. The molecule has 0 aromatic heterocycles. The van der Waals surface area contributed by atoms with Gasteiger partial charge in [-0.25, -0.2) is 8.42 Å². The first-order valence-electron chi connectivity index (χ1n) is 13.5. The van der Waals surface area contributed by atoms with Crippen molar-refractivity contribution in [3.63, 3.8) is 0 Å². The highest BCUT2D eigenvalue weighted by Gasteiger charge is 2.30.